The Morgan fingerprint density at radius 1 is 1.53 bits per heavy atom. The highest BCUT2D eigenvalue weighted by Crippen LogP contribution is 2.17. The topological polar surface area (TPSA) is 65.4 Å². The highest BCUT2D eigenvalue weighted by Gasteiger charge is 2.15. The molecule has 1 atom stereocenters. The molecule has 5 nitrogen and oxygen atoms in total. The van der Waals surface area contributed by atoms with Crippen LogP contribution in [-0.4, -0.2) is 28.3 Å². The van der Waals surface area contributed by atoms with Crippen molar-refractivity contribution >= 4 is 21.6 Å². The smallest absolute Gasteiger partial charge is 0.167 e. The van der Waals surface area contributed by atoms with Gasteiger partial charge in [0.05, 0.1) is 0 Å². The van der Waals surface area contributed by atoms with Gasteiger partial charge in [0.15, 0.2) is 11.5 Å². The predicted octanol–water partition coefficient (Wildman–Crippen LogP) is 1.14. The summed E-state index contributed by atoms with van der Waals surface area (Å²) < 4.78 is 8.06. The van der Waals surface area contributed by atoms with Gasteiger partial charge in [0, 0.05) is 24.3 Å². The first-order chi connectivity index (χ1) is 7.26. The van der Waals surface area contributed by atoms with Crippen LogP contribution in [0.5, 0.6) is 0 Å². The maximum Gasteiger partial charge on any atom is 0.167 e. The van der Waals surface area contributed by atoms with Gasteiger partial charge in [0.2, 0.25) is 0 Å². The van der Waals surface area contributed by atoms with Gasteiger partial charge in [-0.3, -0.25) is 4.40 Å². The van der Waals surface area contributed by atoms with Crippen LogP contribution < -0.4 is 5.73 Å². The number of fused-ring (bicyclic) bond motifs is 1. The first-order valence-electron chi connectivity index (χ1n) is 4.49. The van der Waals surface area contributed by atoms with Crippen LogP contribution in [0.1, 0.15) is 11.9 Å². The molecule has 80 valence electrons. The quantitative estimate of drug-likeness (QED) is 0.909. The highest BCUT2D eigenvalue weighted by molar-refractivity contribution is 9.10. The monoisotopic (exact) mass is 270 g/mol. The normalized spacial score (nSPS) is 13.3. The Morgan fingerprint density at radius 3 is 3.00 bits per heavy atom. The molecule has 0 amide bonds. The molecule has 0 aromatic carbocycles. The number of pyridine rings is 1. The molecule has 0 fully saturated rings. The van der Waals surface area contributed by atoms with Crippen LogP contribution in [-0.2, 0) is 4.74 Å². The van der Waals surface area contributed by atoms with E-state index in [9.17, 15) is 0 Å². The number of nitrogens with zero attached hydrogens (tertiary/aromatic N) is 3. The summed E-state index contributed by atoms with van der Waals surface area (Å²) in [5, 5.41) is 8.10. The van der Waals surface area contributed by atoms with Gasteiger partial charge in [0.25, 0.3) is 0 Å². The third kappa shape index (κ3) is 1.88. The fourth-order valence-corrected chi connectivity index (χ4v) is 1.75. The molecule has 0 aliphatic heterocycles. The standard InChI is InChI=1S/C9H11BrN4O/c1-15-7(4-11)9-13-12-8-3-2-6(10)5-14(8)9/h2-3,5,7H,4,11H2,1H3. The Labute approximate surface area is 95.4 Å². The average molecular weight is 271 g/mol. The molecule has 2 heterocycles. The molecule has 15 heavy (non-hydrogen) atoms. The summed E-state index contributed by atoms with van der Waals surface area (Å²) in [6.07, 6.45) is 1.67. The summed E-state index contributed by atoms with van der Waals surface area (Å²) in [7, 11) is 1.61. The zero-order valence-corrected chi connectivity index (χ0v) is 9.81. The molecular formula is C9H11BrN4O. The van der Waals surface area contributed by atoms with Gasteiger partial charge in [-0.25, -0.2) is 0 Å². The highest BCUT2D eigenvalue weighted by atomic mass is 79.9. The summed E-state index contributed by atoms with van der Waals surface area (Å²) in [5.74, 6) is 0.719. The fourth-order valence-electron chi connectivity index (χ4n) is 1.41. The second-order valence-corrected chi connectivity index (χ2v) is 4.01. The number of aromatic nitrogens is 3. The largest absolute Gasteiger partial charge is 0.372 e. The van der Waals surface area contributed by atoms with Crippen LogP contribution >= 0.6 is 15.9 Å². The second kappa shape index (κ2) is 4.26. The van der Waals surface area contributed by atoms with Crippen molar-refractivity contribution < 1.29 is 4.74 Å². The van der Waals surface area contributed by atoms with E-state index in [4.69, 9.17) is 10.5 Å². The molecule has 0 bridgehead atoms. The van der Waals surface area contributed by atoms with Crippen molar-refractivity contribution in [1.82, 2.24) is 14.6 Å². The molecule has 0 saturated heterocycles. The van der Waals surface area contributed by atoms with Crippen LogP contribution in [0, 0.1) is 0 Å². The SMILES string of the molecule is COC(CN)c1nnc2ccc(Br)cn12. The van der Waals surface area contributed by atoms with Gasteiger partial charge >= 0.3 is 0 Å². The van der Waals surface area contributed by atoms with Gasteiger partial charge in [-0.05, 0) is 28.1 Å². The minimum Gasteiger partial charge on any atom is -0.372 e. The van der Waals surface area contributed by atoms with E-state index in [0.29, 0.717) is 6.54 Å². The van der Waals surface area contributed by atoms with Crippen molar-refractivity contribution in [3.05, 3.63) is 28.6 Å². The molecule has 2 rings (SSSR count). The maximum atomic E-state index is 5.59. The number of rotatable bonds is 3. The van der Waals surface area contributed by atoms with E-state index in [1.165, 1.54) is 0 Å². The summed E-state index contributed by atoms with van der Waals surface area (Å²) in [4.78, 5) is 0. The fraction of sp³-hybridized carbons (Fsp3) is 0.333. The third-order valence-corrected chi connectivity index (χ3v) is 2.65. The van der Waals surface area contributed by atoms with E-state index in [1.807, 2.05) is 22.7 Å². The molecule has 2 N–H and O–H groups in total. The molecule has 0 aliphatic carbocycles. The Kier molecular flexibility index (Phi) is 2.99. The molecule has 0 saturated carbocycles. The molecule has 2 aromatic rings. The van der Waals surface area contributed by atoms with Crippen molar-refractivity contribution in [2.24, 2.45) is 5.73 Å². The molecule has 1 unspecified atom stereocenters. The van der Waals surface area contributed by atoms with Crippen LogP contribution in [0.2, 0.25) is 0 Å². The Morgan fingerprint density at radius 2 is 2.33 bits per heavy atom. The Balaban J connectivity index is 2.55. The van der Waals surface area contributed by atoms with Crippen LogP contribution in [0.3, 0.4) is 0 Å². The Bertz CT molecular complexity index is 466. The van der Waals surface area contributed by atoms with Crippen LogP contribution in [0.15, 0.2) is 22.8 Å². The van der Waals surface area contributed by atoms with Gasteiger partial charge in [-0.1, -0.05) is 0 Å². The zero-order chi connectivity index (χ0) is 10.8. The molecule has 2 aromatic heterocycles. The van der Waals surface area contributed by atoms with E-state index in [1.54, 1.807) is 7.11 Å². The second-order valence-electron chi connectivity index (χ2n) is 3.09. The first kappa shape index (κ1) is 10.5. The van der Waals surface area contributed by atoms with Crippen LogP contribution in [0.25, 0.3) is 5.65 Å². The van der Waals surface area contributed by atoms with E-state index in [0.717, 1.165) is 15.9 Å². The molecule has 0 radical (unpaired) electrons. The molecule has 0 aliphatic rings. The number of ether oxygens (including phenoxy) is 1. The maximum absolute atomic E-state index is 5.59. The lowest BCUT2D eigenvalue weighted by atomic mass is 10.3. The first-order valence-corrected chi connectivity index (χ1v) is 5.28. The third-order valence-electron chi connectivity index (χ3n) is 2.18. The lowest BCUT2D eigenvalue weighted by Crippen LogP contribution is -2.17. The predicted molar refractivity (Wildman–Crippen MR) is 59.5 cm³/mol. The van der Waals surface area contributed by atoms with E-state index < -0.39 is 0 Å². The number of hydrogen-bond acceptors (Lipinski definition) is 4. The van der Waals surface area contributed by atoms with Gasteiger partial charge in [-0.15, -0.1) is 10.2 Å². The minimum absolute atomic E-state index is 0.228. The van der Waals surface area contributed by atoms with Crippen molar-refractivity contribution in [2.75, 3.05) is 13.7 Å². The lowest BCUT2D eigenvalue weighted by Gasteiger charge is -2.10. The van der Waals surface area contributed by atoms with Crippen LogP contribution in [0.4, 0.5) is 0 Å². The van der Waals surface area contributed by atoms with E-state index in [2.05, 4.69) is 26.1 Å². The lowest BCUT2D eigenvalue weighted by molar-refractivity contribution is 0.102. The van der Waals surface area contributed by atoms with E-state index >= 15 is 0 Å². The summed E-state index contributed by atoms with van der Waals surface area (Å²) in [6.45, 7) is 0.379. The summed E-state index contributed by atoms with van der Waals surface area (Å²) in [6, 6.07) is 3.79. The number of halogens is 1. The van der Waals surface area contributed by atoms with Crippen molar-refractivity contribution in [2.45, 2.75) is 6.10 Å². The van der Waals surface area contributed by atoms with Crippen molar-refractivity contribution in [3.8, 4) is 0 Å². The van der Waals surface area contributed by atoms with Crippen molar-refractivity contribution in [3.63, 3.8) is 0 Å². The van der Waals surface area contributed by atoms with Crippen molar-refractivity contribution in [1.29, 1.82) is 0 Å². The minimum atomic E-state index is -0.228. The number of methoxy groups -OCH3 is 1. The van der Waals surface area contributed by atoms with E-state index in [-0.39, 0.29) is 6.10 Å². The zero-order valence-electron chi connectivity index (χ0n) is 8.22. The number of hydrogen-bond donors (Lipinski definition) is 1. The molecule has 0 spiro atoms. The summed E-state index contributed by atoms with van der Waals surface area (Å²) in [5.41, 5.74) is 6.37. The summed E-state index contributed by atoms with van der Waals surface area (Å²) >= 11 is 3.40. The van der Waals surface area contributed by atoms with Gasteiger partial charge in [-0.2, -0.15) is 0 Å². The molecular weight excluding hydrogens is 260 g/mol. The Hall–Kier alpha value is -0.980. The van der Waals surface area contributed by atoms with Gasteiger partial charge < -0.3 is 10.5 Å². The molecule has 6 heteroatoms. The average Bonchev–Trinajstić information content (AvgIpc) is 2.64. The number of nitrogens with two attached hydrogens (primary N) is 1. The van der Waals surface area contributed by atoms with Gasteiger partial charge in [0.1, 0.15) is 6.10 Å².